The minimum absolute atomic E-state index is 0.139. The maximum Gasteiger partial charge on any atom is 0.408 e. The number of nitriles is 1. The zero-order valence-corrected chi connectivity index (χ0v) is 20.3. The third-order valence-corrected chi connectivity index (χ3v) is 7.77. The summed E-state index contributed by atoms with van der Waals surface area (Å²) in [5, 5.41) is 8.62. The van der Waals surface area contributed by atoms with Gasteiger partial charge in [0.2, 0.25) is 10.0 Å². The van der Waals surface area contributed by atoms with E-state index < -0.39 is 33.3 Å². The lowest BCUT2D eigenvalue weighted by molar-refractivity contribution is -0.152. The van der Waals surface area contributed by atoms with Crippen LogP contribution in [0, 0.1) is 22.6 Å². The van der Waals surface area contributed by atoms with Gasteiger partial charge < -0.3 is 4.57 Å². The maximum absolute atomic E-state index is 14.2. The van der Waals surface area contributed by atoms with E-state index in [1.54, 1.807) is 22.8 Å². The van der Waals surface area contributed by atoms with E-state index in [1.165, 1.54) is 30.5 Å². The lowest BCUT2D eigenvalue weighted by Gasteiger charge is -2.22. The number of nitrogens with zero attached hydrogens (tertiary/aromatic N) is 2. The summed E-state index contributed by atoms with van der Waals surface area (Å²) in [6, 6.07) is 8.23. The zero-order valence-electron chi connectivity index (χ0n) is 19.4. The Labute approximate surface area is 201 Å². The van der Waals surface area contributed by atoms with Crippen molar-refractivity contribution in [1.82, 2.24) is 9.29 Å². The Balaban J connectivity index is 1.89. The van der Waals surface area contributed by atoms with Gasteiger partial charge in [0.15, 0.2) is 0 Å². The van der Waals surface area contributed by atoms with Gasteiger partial charge in [0.05, 0.1) is 10.8 Å². The van der Waals surface area contributed by atoms with Crippen molar-refractivity contribution >= 4 is 20.9 Å². The molecule has 186 valence electrons. The molecule has 4 rings (SSSR count). The van der Waals surface area contributed by atoms with Crippen molar-refractivity contribution in [3.8, 4) is 17.2 Å². The Morgan fingerprint density at radius 1 is 1.11 bits per heavy atom. The summed E-state index contributed by atoms with van der Waals surface area (Å²) in [4.78, 5) is 0. The lowest BCUT2D eigenvalue weighted by Crippen LogP contribution is -2.39. The Bertz CT molecular complexity index is 1430. The van der Waals surface area contributed by atoms with Crippen LogP contribution in [0.1, 0.15) is 50.8 Å². The van der Waals surface area contributed by atoms with Crippen molar-refractivity contribution < 1.29 is 26.0 Å². The molecule has 1 heterocycles. The van der Waals surface area contributed by atoms with Crippen LogP contribution in [0.15, 0.2) is 42.6 Å². The molecule has 0 bridgehead atoms. The Kier molecular flexibility index (Phi) is 6.22. The molecular weight excluding hydrogens is 482 g/mol. The molecule has 5 nitrogen and oxygen atoms in total. The van der Waals surface area contributed by atoms with Gasteiger partial charge in [-0.15, -0.1) is 0 Å². The molecule has 0 unspecified atom stereocenters. The maximum atomic E-state index is 14.2. The van der Waals surface area contributed by atoms with Crippen LogP contribution < -0.4 is 4.72 Å². The molecule has 1 N–H and O–H groups in total. The van der Waals surface area contributed by atoms with Gasteiger partial charge in [0.25, 0.3) is 0 Å². The standard InChI is InChI=1S/C25H25F4N3O2S/c1-24(2,3)14-32-13-20(23(25(27,28)29)31-35(33,34)18-6-7-18)19-8-4-16(11-22(19)32)15-5-9-21(26)17(10-15)12-30/h4-5,8-11,13,18,23,31H,6-7,14H2,1-3H3/t23-/m0/s1. The molecule has 0 aliphatic heterocycles. The zero-order chi connectivity index (χ0) is 25.8. The predicted molar refractivity (Wildman–Crippen MR) is 125 cm³/mol. The molecule has 0 spiro atoms. The highest BCUT2D eigenvalue weighted by Crippen LogP contribution is 2.41. The van der Waals surface area contributed by atoms with Crippen LogP contribution in [-0.2, 0) is 16.6 Å². The number of rotatable bonds is 6. The molecule has 10 heteroatoms. The molecule has 0 saturated heterocycles. The Morgan fingerprint density at radius 3 is 2.31 bits per heavy atom. The Morgan fingerprint density at radius 2 is 1.74 bits per heavy atom. The molecule has 0 radical (unpaired) electrons. The number of aromatic nitrogens is 1. The van der Waals surface area contributed by atoms with Gasteiger partial charge in [-0.05, 0) is 47.6 Å². The summed E-state index contributed by atoms with van der Waals surface area (Å²) < 4.78 is 84.8. The molecule has 0 amide bonds. The molecule has 1 fully saturated rings. The van der Waals surface area contributed by atoms with Crippen LogP contribution in [0.4, 0.5) is 17.6 Å². The number of fused-ring (bicyclic) bond motifs is 1. The van der Waals surface area contributed by atoms with Gasteiger partial charge in [0.1, 0.15) is 17.9 Å². The van der Waals surface area contributed by atoms with E-state index in [0.717, 1.165) is 0 Å². The minimum Gasteiger partial charge on any atom is -0.347 e. The van der Waals surface area contributed by atoms with Crippen LogP contribution in [0.2, 0.25) is 0 Å². The van der Waals surface area contributed by atoms with E-state index in [0.29, 0.717) is 36.0 Å². The number of hydrogen-bond donors (Lipinski definition) is 1. The molecular formula is C25H25F4N3O2S. The molecule has 1 aromatic heterocycles. The lowest BCUT2D eigenvalue weighted by atomic mass is 9.96. The Hall–Kier alpha value is -2.90. The molecule has 1 saturated carbocycles. The number of sulfonamides is 1. The molecule has 1 atom stereocenters. The fourth-order valence-electron chi connectivity index (χ4n) is 4.11. The van der Waals surface area contributed by atoms with Crippen molar-refractivity contribution in [1.29, 1.82) is 5.26 Å². The fourth-order valence-corrected chi connectivity index (χ4v) is 5.65. The van der Waals surface area contributed by atoms with E-state index in [1.807, 2.05) is 25.5 Å². The topological polar surface area (TPSA) is 74.9 Å². The fraction of sp³-hybridized carbons (Fsp3) is 0.400. The largest absolute Gasteiger partial charge is 0.408 e. The van der Waals surface area contributed by atoms with Crippen molar-refractivity contribution in [2.45, 2.75) is 57.6 Å². The third-order valence-electron chi connectivity index (χ3n) is 5.86. The SMILES string of the molecule is CC(C)(C)Cn1cc([C@H](NS(=O)(=O)C2CC2)C(F)(F)F)c2ccc(-c3ccc(F)c(C#N)c3)cc21. The highest BCUT2D eigenvalue weighted by Gasteiger charge is 2.47. The average Bonchev–Trinajstić information content (AvgIpc) is 3.56. The summed E-state index contributed by atoms with van der Waals surface area (Å²) in [6.45, 7) is 6.20. The second-order valence-corrected chi connectivity index (χ2v) is 12.1. The first-order valence-electron chi connectivity index (χ1n) is 11.1. The van der Waals surface area contributed by atoms with E-state index in [4.69, 9.17) is 5.26 Å². The van der Waals surface area contributed by atoms with Crippen LogP contribution >= 0.6 is 0 Å². The first-order chi connectivity index (χ1) is 16.2. The number of halogens is 4. The monoisotopic (exact) mass is 507 g/mol. The highest BCUT2D eigenvalue weighted by atomic mass is 32.2. The van der Waals surface area contributed by atoms with Gasteiger partial charge in [0, 0.05) is 29.2 Å². The molecule has 2 aromatic carbocycles. The van der Waals surface area contributed by atoms with Gasteiger partial charge in [-0.2, -0.15) is 23.2 Å². The number of hydrogen-bond acceptors (Lipinski definition) is 3. The van der Waals surface area contributed by atoms with E-state index in [9.17, 15) is 26.0 Å². The summed E-state index contributed by atoms with van der Waals surface area (Å²) in [5.41, 5.74) is 1.01. The first kappa shape index (κ1) is 25.2. The molecule has 1 aliphatic carbocycles. The summed E-state index contributed by atoms with van der Waals surface area (Å²) in [5.74, 6) is -0.660. The van der Waals surface area contributed by atoms with Crippen LogP contribution in [0.25, 0.3) is 22.0 Å². The summed E-state index contributed by atoms with van der Waals surface area (Å²) in [7, 11) is -4.12. The summed E-state index contributed by atoms with van der Waals surface area (Å²) in [6.07, 6.45) is -2.80. The quantitative estimate of drug-likeness (QED) is 0.413. The van der Waals surface area contributed by atoms with Crippen LogP contribution in [0.5, 0.6) is 0 Å². The van der Waals surface area contributed by atoms with Gasteiger partial charge in [-0.3, -0.25) is 0 Å². The van der Waals surface area contributed by atoms with Crippen molar-refractivity contribution in [3.05, 3.63) is 59.5 Å². The summed E-state index contributed by atoms with van der Waals surface area (Å²) >= 11 is 0. The number of alkyl halides is 3. The highest BCUT2D eigenvalue weighted by molar-refractivity contribution is 7.90. The van der Waals surface area contributed by atoms with Crippen LogP contribution in [-0.4, -0.2) is 24.4 Å². The van der Waals surface area contributed by atoms with Gasteiger partial charge >= 0.3 is 6.18 Å². The predicted octanol–water partition coefficient (Wildman–Crippen LogP) is 6.05. The molecule has 35 heavy (non-hydrogen) atoms. The van der Waals surface area contributed by atoms with Crippen molar-refractivity contribution in [2.75, 3.05) is 0 Å². The number of nitrogens with one attached hydrogen (secondary N) is 1. The number of benzene rings is 2. The third kappa shape index (κ3) is 5.36. The normalized spacial score (nSPS) is 15.8. The van der Waals surface area contributed by atoms with Gasteiger partial charge in [-0.25, -0.2) is 12.8 Å². The van der Waals surface area contributed by atoms with E-state index in [-0.39, 0.29) is 21.9 Å². The first-order valence-corrected chi connectivity index (χ1v) is 12.6. The van der Waals surface area contributed by atoms with Crippen LogP contribution in [0.3, 0.4) is 0 Å². The smallest absolute Gasteiger partial charge is 0.347 e. The average molecular weight is 508 g/mol. The second-order valence-electron chi connectivity index (χ2n) is 10.1. The molecule has 3 aromatic rings. The minimum atomic E-state index is -4.85. The molecule has 1 aliphatic rings. The van der Waals surface area contributed by atoms with Crippen molar-refractivity contribution in [2.24, 2.45) is 5.41 Å². The van der Waals surface area contributed by atoms with Crippen molar-refractivity contribution in [3.63, 3.8) is 0 Å². The van der Waals surface area contributed by atoms with E-state index >= 15 is 0 Å². The van der Waals surface area contributed by atoms with E-state index in [2.05, 4.69) is 0 Å². The van der Waals surface area contributed by atoms with Gasteiger partial charge in [-0.1, -0.05) is 39.0 Å². The second kappa shape index (κ2) is 8.64.